The molecule has 0 atom stereocenters. The second-order valence-electron chi connectivity index (χ2n) is 5.85. The molecule has 2 aromatic heterocycles. The summed E-state index contributed by atoms with van der Waals surface area (Å²) in [6.07, 6.45) is 1.79. The van der Waals surface area contributed by atoms with Crippen molar-refractivity contribution in [3.8, 4) is 39.8 Å². The normalized spacial score (nSPS) is 10.8. The van der Waals surface area contributed by atoms with Gasteiger partial charge in [0.2, 0.25) is 5.75 Å². The zero-order valence-electron chi connectivity index (χ0n) is 15.2. The lowest BCUT2D eigenvalue weighted by Crippen LogP contribution is -1.96. The van der Waals surface area contributed by atoms with Crippen molar-refractivity contribution in [3.05, 3.63) is 48.7 Å². The number of fused-ring (bicyclic) bond motifs is 1. The fourth-order valence-electron chi connectivity index (χ4n) is 3.05. The first-order valence-electron chi connectivity index (χ1n) is 8.31. The van der Waals surface area contributed by atoms with Crippen LogP contribution in [-0.4, -0.2) is 41.7 Å². The van der Waals surface area contributed by atoms with Gasteiger partial charge in [-0.1, -0.05) is 18.2 Å². The van der Waals surface area contributed by atoms with Crippen LogP contribution in [0.3, 0.4) is 0 Å². The van der Waals surface area contributed by atoms with Crippen molar-refractivity contribution in [3.63, 3.8) is 0 Å². The molecule has 0 radical (unpaired) electrons. The predicted molar refractivity (Wildman–Crippen MR) is 102 cm³/mol. The highest BCUT2D eigenvalue weighted by Gasteiger charge is 2.19. The van der Waals surface area contributed by atoms with Gasteiger partial charge in [-0.25, -0.2) is 0 Å². The maximum Gasteiger partial charge on any atom is 0.203 e. The summed E-state index contributed by atoms with van der Waals surface area (Å²) in [6.45, 7) is 0. The zero-order chi connectivity index (χ0) is 18.8. The first-order chi connectivity index (χ1) is 13.2. The van der Waals surface area contributed by atoms with Crippen LogP contribution >= 0.6 is 0 Å². The largest absolute Gasteiger partial charge is 0.493 e. The molecular formula is C20H18N4O3. The Balaban J connectivity index is 1.86. The second kappa shape index (κ2) is 6.95. The summed E-state index contributed by atoms with van der Waals surface area (Å²) in [5.74, 6) is 1.64. The summed E-state index contributed by atoms with van der Waals surface area (Å²) in [5.41, 5.74) is 3.96. The average molecular weight is 362 g/mol. The maximum atomic E-state index is 5.44. The summed E-state index contributed by atoms with van der Waals surface area (Å²) in [7, 11) is 4.73. The molecule has 0 bridgehead atoms. The average Bonchev–Trinajstić information content (AvgIpc) is 3.22. The molecule has 7 heteroatoms. The van der Waals surface area contributed by atoms with Crippen LogP contribution in [0.15, 0.2) is 48.7 Å². The van der Waals surface area contributed by atoms with Gasteiger partial charge in [0, 0.05) is 22.7 Å². The van der Waals surface area contributed by atoms with Crippen LogP contribution in [-0.2, 0) is 0 Å². The number of ether oxygens (including phenoxy) is 3. The van der Waals surface area contributed by atoms with Gasteiger partial charge in [0.25, 0.3) is 0 Å². The Morgan fingerprint density at radius 3 is 2.11 bits per heavy atom. The van der Waals surface area contributed by atoms with E-state index in [-0.39, 0.29) is 0 Å². The number of nitrogens with zero attached hydrogens (tertiary/aromatic N) is 3. The Morgan fingerprint density at radius 1 is 0.778 bits per heavy atom. The number of nitrogens with one attached hydrogen (secondary N) is 1. The Morgan fingerprint density at radius 2 is 1.44 bits per heavy atom. The van der Waals surface area contributed by atoms with E-state index in [1.165, 1.54) is 0 Å². The van der Waals surface area contributed by atoms with Crippen molar-refractivity contribution < 1.29 is 14.2 Å². The minimum absolute atomic E-state index is 0.529. The first-order valence-corrected chi connectivity index (χ1v) is 8.31. The Labute approximate surface area is 155 Å². The number of hydrogen-bond donors (Lipinski definition) is 1. The van der Waals surface area contributed by atoms with E-state index in [9.17, 15) is 0 Å². The molecule has 0 unspecified atom stereocenters. The van der Waals surface area contributed by atoms with Crippen molar-refractivity contribution in [2.75, 3.05) is 21.3 Å². The molecule has 0 amide bonds. The van der Waals surface area contributed by atoms with Crippen molar-refractivity contribution >= 4 is 10.9 Å². The molecular weight excluding hydrogens is 344 g/mol. The van der Waals surface area contributed by atoms with Gasteiger partial charge in [-0.2, -0.15) is 15.4 Å². The summed E-state index contributed by atoms with van der Waals surface area (Å²) in [4.78, 5) is 4.52. The van der Waals surface area contributed by atoms with E-state index < -0.39 is 0 Å². The first kappa shape index (κ1) is 16.8. The quantitative estimate of drug-likeness (QED) is 0.583. The van der Waals surface area contributed by atoms with Gasteiger partial charge < -0.3 is 14.2 Å². The van der Waals surface area contributed by atoms with E-state index in [0.717, 1.165) is 22.0 Å². The molecule has 27 heavy (non-hydrogen) atoms. The fourth-order valence-corrected chi connectivity index (χ4v) is 3.05. The van der Waals surface area contributed by atoms with E-state index in [2.05, 4.69) is 20.4 Å². The van der Waals surface area contributed by atoms with Gasteiger partial charge in [0.05, 0.1) is 26.8 Å². The molecule has 0 aliphatic carbocycles. The molecule has 136 valence electrons. The predicted octanol–water partition coefficient (Wildman–Crippen LogP) is 3.71. The van der Waals surface area contributed by atoms with Crippen LogP contribution in [0.25, 0.3) is 33.4 Å². The van der Waals surface area contributed by atoms with Crippen LogP contribution in [0.4, 0.5) is 0 Å². The van der Waals surface area contributed by atoms with E-state index >= 15 is 0 Å². The molecule has 4 aromatic rings. The van der Waals surface area contributed by atoms with Crippen LogP contribution in [0, 0.1) is 0 Å². The third kappa shape index (κ3) is 2.93. The van der Waals surface area contributed by atoms with Crippen LogP contribution in [0.1, 0.15) is 0 Å². The number of hydrogen-bond acceptors (Lipinski definition) is 6. The van der Waals surface area contributed by atoms with Gasteiger partial charge in [0.15, 0.2) is 11.5 Å². The van der Waals surface area contributed by atoms with Gasteiger partial charge >= 0.3 is 0 Å². The summed E-state index contributed by atoms with van der Waals surface area (Å²) in [6, 6.07) is 13.7. The van der Waals surface area contributed by atoms with E-state index in [0.29, 0.717) is 28.6 Å². The summed E-state index contributed by atoms with van der Waals surface area (Å²) < 4.78 is 16.3. The fraction of sp³-hybridized carbons (Fsp3) is 0.150. The number of H-pyrrole nitrogens is 1. The monoisotopic (exact) mass is 362 g/mol. The third-order valence-electron chi connectivity index (χ3n) is 4.35. The van der Waals surface area contributed by atoms with Gasteiger partial charge in [-0.15, -0.1) is 0 Å². The molecule has 0 aliphatic rings. The molecule has 7 nitrogen and oxygen atoms in total. The third-order valence-corrected chi connectivity index (χ3v) is 4.35. The van der Waals surface area contributed by atoms with Gasteiger partial charge in [-0.05, 0) is 24.3 Å². The van der Waals surface area contributed by atoms with Crippen LogP contribution in [0.2, 0.25) is 0 Å². The Bertz CT molecular complexity index is 1080. The molecule has 0 saturated carbocycles. The number of aromatic nitrogens is 4. The number of aromatic amines is 1. The molecule has 0 aliphatic heterocycles. The van der Waals surface area contributed by atoms with E-state index in [1.807, 2.05) is 42.5 Å². The smallest absolute Gasteiger partial charge is 0.203 e. The van der Waals surface area contributed by atoms with E-state index in [1.54, 1.807) is 27.5 Å². The lowest BCUT2D eigenvalue weighted by atomic mass is 10.0. The topological polar surface area (TPSA) is 82.2 Å². The van der Waals surface area contributed by atoms with Crippen molar-refractivity contribution in [1.29, 1.82) is 0 Å². The molecule has 0 saturated heterocycles. The number of benzene rings is 2. The molecule has 4 rings (SSSR count). The molecule has 0 fully saturated rings. The number of pyridine rings is 1. The maximum absolute atomic E-state index is 5.44. The highest BCUT2D eigenvalue weighted by atomic mass is 16.5. The van der Waals surface area contributed by atoms with Gasteiger partial charge in [0.1, 0.15) is 11.4 Å². The van der Waals surface area contributed by atoms with Gasteiger partial charge in [-0.3, -0.25) is 4.98 Å². The minimum atomic E-state index is 0.529. The van der Waals surface area contributed by atoms with Crippen LogP contribution < -0.4 is 14.2 Å². The van der Waals surface area contributed by atoms with E-state index in [4.69, 9.17) is 14.2 Å². The lowest BCUT2D eigenvalue weighted by molar-refractivity contribution is 0.324. The summed E-state index contributed by atoms with van der Waals surface area (Å²) >= 11 is 0. The SMILES string of the molecule is COc1cc(-c2n[nH]nc2-c2cnc3ccccc3c2)cc(OC)c1OC. The Kier molecular flexibility index (Phi) is 4.33. The Hall–Kier alpha value is -3.61. The zero-order valence-corrected chi connectivity index (χ0v) is 15.2. The highest BCUT2D eigenvalue weighted by molar-refractivity contribution is 5.86. The molecule has 2 heterocycles. The van der Waals surface area contributed by atoms with Crippen molar-refractivity contribution in [2.45, 2.75) is 0 Å². The number of rotatable bonds is 5. The standard InChI is InChI=1S/C20H18N4O3/c1-25-16-9-13(10-17(26-2)20(16)27-3)18-19(23-24-22-18)14-8-12-6-4-5-7-15(12)21-11-14/h4-11H,1-3H3,(H,22,23,24). The summed E-state index contributed by atoms with van der Waals surface area (Å²) in [5, 5.41) is 12.4. The highest BCUT2D eigenvalue weighted by Crippen LogP contribution is 2.42. The molecule has 1 N–H and O–H groups in total. The minimum Gasteiger partial charge on any atom is -0.493 e. The molecule has 2 aromatic carbocycles. The van der Waals surface area contributed by atoms with Crippen molar-refractivity contribution in [2.24, 2.45) is 0 Å². The number of methoxy groups -OCH3 is 3. The van der Waals surface area contributed by atoms with Crippen LogP contribution in [0.5, 0.6) is 17.2 Å². The second-order valence-corrected chi connectivity index (χ2v) is 5.85. The molecule has 0 spiro atoms. The lowest BCUT2D eigenvalue weighted by Gasteiger charge is -2.13. The number of para-hydroxylation sites is 1. The van der Waals surface area contributed by atoms with Crippen molar-refractivity contribution in [1.82, 2.24) is 20.4 Å².